The van der Waals surface area contributed by atoms with E-state index in [0.29, 0.717) is 17.9 Å². The quantitative estimate of drug-likeness (QED) is 0.485. The lowest BCUT2D eigenvalue weighted by atomic mass is 9.78. The molecule has 1 aliphatic heterocycles. The van der Waals surface area contributed by atoms with Gasteiger partial charge in [0.05, 0.1) is 5.92 Å². The van der Waals surface area contributed by atoms with Crippen LogP contribution < -0.4 is 5.32 Å². The van der Waals surface area contributed by atoms with Gasteiger partial charge in [-0.2, -0.15) is 0 Å². The smallest absolute Gasteiger partial charge is 0.225 e. The fourth-order valence-electron chi connectivity index (χ4n) is 3.04. The predicted molar refractivity (Wildman–Crippen MR) is 36.3 cm³/mol. The van der Waals surface area contributed by atoms with E-state index in [9.17, 15) is 4.79 Å². The highest BCUT2D eigenvalue weighted by molar-refractivity contribution is 5.87. The Labute approximate surface area is 60.0 Å². The Morgan fingerprint density at radius 2 is 2.10 bits per heavy atom. The molecule has 4 atom stereocenters. The first kappa shape index (κ1) is 5.16. The monoisotopic (exact) mass is 137 g/mol. The molecule has 2 nitrogen and oxygen atoms in total. The first-order valence-electron chi connectivity index (χ1n) is 4.16. The van der Waals surface area contributed by atoms with E-state index >= 15 is 0 Å². The van der Waals surface area contributed by atoms with Crippen molar-refractivity contribution in [3.8, 4) is 0 Å². The number of carbonyl (C=O) groups is 1. The maximum atomic E-state index is 11.0. The first-order valence-corrected chi connectivity index (χ1v) is 4.16. The molecule has 3 fully saturated rings. The minimum Gasteiger partial charge on any atom is -0.352 e. The van der Waals surface area contributed by atoms with Gasteiger partial charge in [-0.1, -0.05) is 0 Å². The molecule has 1 heterocycles. The predicted octanol–water partition coefficient (Wildman–Crippen LogP) is 0.531. The van der Waals surface area contributed by atoms with Gasteiger partial charge in [-0.05, 0) is 31.1 Å². The van der Waals surface area contributed by atoms with E-state index in [4.69, 9.17) is 0 Å². The zero-order valence-corrected chi connectivity index (χ0v) is 5.84. The summed E-state index contributed by atoms with van der Waals surface area (Å²) >= 11 is 0. The number of carbonyl (C=O) groups excluding carboxylic acids is 1. The molecule has 3 rings (SSSR count). The van der Waals surface area contributed by atoms with Crippen LogP contribution in [0.4, 0.5) is 0 Å². The Kier molecular flexibility index (Phi) is 0.715. The van der Waals surface area contributed by atoms with Crippen LogP contribution in [-0.2, 0) is 4.79 Å². The minimum atomic E-state index is 0.331. The lowest BCUT2D eigenvalue weighted by Crippen LogP contribution is -2.60. The Hall–Kier alpha value is -0.530. The molecule has 2 unspecified atom stereocenters. The van der Waals surface area contributed by atoms with Gasteiger partial charge in [0.15, 0.2) is 0 Å². The highest BCUT2D eigenvalue weighted by atomic mass is 16.2. The third-order valence-corrected chi connectivity index (χ3v) is 3.53. The largest absolute Gasteiger partial charge is 0.352 e. The van der Waals surface area contributed by atoms with Crippen molar-refractivity contribution in [2.75, 3.05) is 0 Å². The van der Waals surface area contributed by atoms with Crippen LogP contribution in [0.1, 0.15) is 19.3 Å². The Balaban J connectivity index is 1.95. The highest BCUT2D eigenvalue weighted by Gasteiger charge is 2.57. The second-order valence-electron chi connectivity index (χ2n) is 3.89. The number of amides is 1. The molecule has 2 aliphatic carbocycles. The molecular formula is C8H11NO. The molecule has 3 aliphatic rings. The summed E-state index contributed by atoms with van der Waals surface area (Å²) in [5.41, 5.74) is 0. The van der Waals surface area contributed by atoms with Crippen molar-refractivity contribution in [2.24, 2.45) is 17.8 Å². The summed E-state index contributed by atoms with van der Waals surface area (Å²) in [6.07, 6.45) is 4.01. The topological polar surface area (TPSA) is 29.1 Å². The van der Waals surface area contributed by atoms with Crippen LogP contribution >= 0.6 is 0 Å². The molecule has 0 radical (unpaired) electrons. The van der Waals surface area contributed by atoms with Crippen LogP contribution in [0, 0.1) is 17.8 Å². The normalized spacial score (nSPS) is 55.8. The van der Waals surface area contributed by atoms with Crippen LogP contribution in [-0.4, -0.2) is 11.9 Å². The van der Waals surface area contributed by atoms with E-state index in [0.717, 1.165) is 11.8 Å². The van der Waals surface area contributed by atoms with Gasteiger partial charge in [0.25, 0.3) is 0 Å². The molecule has 1 amide bonds. The molecule has 54 valence electrons. The molecule has 0 aromatic heterocycles. The molecule has 0 aromatic rings. The zero-order valence-electron chi connectivity index (χ0n) is 5.84. The molecule has 1 N–H and O–H groups in total. The van der Waals surface area contributed by atoms with Crippen molar-refractivity contribution in [1.82, 2.24) is 5.32 Å². The summed E-state index contributed by atoms with van der Waals surface area (Å²) in [7, 11) is 0. The van der Waals surface area contributed by atoms with Crippen LogP contribution in [0.3, 0.4) is 0 Å². The van der Waals surface area contributed by atoms with Gasteiger partial charge < -0.3 is 5.32 Å². The van der Waals surface area contributed by atoms with Crippen molar-refractivity contribution in [1.29, 1.82) is 0 Å². The van der Waals surface area contributed by atoms with Crippen molar-refractivity contribution in [3.63, 3.8) is 0 Å². The number of nitrogens with one attached hydrogen (secondary N) is 1. The highest BCUT2D eigenvalue weighted by Crippen LogP contribution is 2.51. The SMILES string of the molecule is O=C1N[C@@H]2C3CCC(C3)[C@H]12. The van der Waals surface area contributed by atoms with E-state index in [1.807, 2.05) is 0 Å². The lowest BCUT2D eigenvalue weighted by molar-refractivity contribution is -0.137. The summed E-state index contributed by atoms with van der Waals surface area (Å²) in [6.45, 7) is 0. The molecule has 0 aromatic carbocycles. The maximum absolute atomic E-state index is 11.0. The van der Waals surface area contributed by atoms with E-state index in [1.165, 1.54) is 19.3 Å². The molecule has 10 heavy (non-hydrogen) atoms. The Morgan fingerprint density at radius 1 is 1.30 bits per heavy atom. The van der Waals surface area contributed by atoms with E-state index in [-0.39, 0.29) is 0 Å². The van der Waals surface area contributed by atoms with Gasteiger partial charge in [-0.15, -0.1) is 0 Å². The van der Waals surface area contributed by atoms with Crippen LogP contribution in [0.2, 0.25) is 0 Å². The van der Waals surface area contributed by atoms with Crippen LogP contribution in [0.5, 0.6) is 0 Å². The third-order valence-electron chi connectivity index (χ3n) is 3.53. The number of fused-ring (bicyclic) bond motifs is 5. The average molecular weight is 137 g/mol. The van der Waals surface area contributed by atoms with Crippen molar-refractivity contribution in [3.05, 3.63) is 0 Å². The Morgan fingerprint density at radius 3 is 2.70 bits per heavy atom. The number of hydrogen-bond donors (Lipinski definition) is 1. The zero-order chi connectivity index (χ0) is 6.72. The number of β-lactam (4-membered cyclic amide) rings is 1. The summed E-state index contributed by atoms with van der Waals surface area (Å²) in [5, 5.41) is 3.00. The first-order chi connectivity index (χ1) is 4.86. The van der Waals surface area contributed by atoms with Crippen molar-refractivity contribution < 1.29 is 4.79 Å². The maximum Gasteiger partial charge on any atom is 0.225 e. The van der Waals surface area contributed by atoms with Crippen LogP contribution in [0.25, 0.3) is 0 Å². The molecule has 1 saturated heterocycles. The summed E-state index contributed by atoms with van der Waals surface area (Å²) in [4.78, 5) is 11.0. The molecule has 2 saturated carbocycles. The molecule has 0 spiro atoms. The van der Waals surface area contributed by atoms with Gasteiger partial charge in [0, 0.05) is 6.04 Å². The summed E-state index contributed by atoms with van der Waals surface area (Å²) in [5.74, 6) is 2.40. The summed E-state index contributed by atoms with van der Waals surface area (Å²) in [6, 6.07) is 0.603. The fraction of sp³-hybridized carbons (Fsp3) is 0.875. The van der Waals surface area contributed by atoms with Gasteiger partial charge in [-0.3, -0.25) is 4.79 Å². The van der Waals surface area contributed by atoms with Gasteiger partial charge in [0.1, 0.15) is 0 Å². The minimum absolute atomic E-state index is 0.331. The van der Waals surface area contributed by atoms with Gasteiger partial charge in [-0.25, -0.2) is 0 Å². The fourth-order valence-corrected chi connectivity index (χ4v) is 3.04. The summed E-state index contributed by atoms with van der Waals surface area (Å²) < 4.78 is 0. The average Bonchev–Trinajstić information content (AvgIpc) is 2.40. The van der Waals surface area contributed by atoms with Crippen molar-refractivity contribution in [2.45, 2.75) is 25.3 Å². The second-order valence-corrected chi connectivity index (χ2v) is 3.89. The molecule has 2 bridgehead atoms. The van der Waals surface area contributed by atoms with E-state index < -0.39 is 0 Å². The van der Waals surface area contributed by atoms with E-state index in [2.05, 4.69) is 5.32 Å². The Bertz CT molecular complexity index is 199. The second kappa shape index (κ2) is 1.39. The third kappa shape index (κ3) is 0.386. The number of rotatable bonds is 0. The number of hydrogen-bond acceptors (Lipinski definition) is 1. The molecular weight excluding hydrogens is 126 g/mol. The lowest BCUT2D eigenvalue weighted by Gasteiger charge is -2.39. The standard InChI is InChI=1S/C8H11NO/c10-8-6-4-1-2-5(3-4)7(6)9-8/h4-7H,1-3H2,(H,9,10)/t4?,5?,6-,7+/m0/s1. The van der Waals surface area contributed by atoms with E-state index in [1.54, 1.807) is 0 Å². The van der Waals surface area contributed by atoms with Crippen molar-refractivity contribution >= 4 is 5.91 Å². The van der Waals surface area contributed by atoms with Gasteiger partial charge >= 0.3 is 0 Å². The molecule has 2 heteroatoms. The van der Waals surface area contributed by atoms with Crippen LogP contribution in [0.15, 0.2) is 0 Å². The van der Waals surface area contributed by atoms with Gasteiger partial charge in [0.2, 0.25) is 5.91 Å².